The first-order valence-corrected chi connectivity index (χ1v) is 2.96. The maximum atomic E-state index is 5.58. The summed E-state index contributed by atoms with van der Waals surface area (Å²) in [5, 5.41) is 1.21. The molecule has 0 amide bonds. The van der Waals surface area contributed by atoms with E-state index in [4.69, 9.17) is 23.2 Å². The van der Waals surface area contributed by atoms with Crippen LogP contribution < -0.4 is 6.15 Å². The largest absolute Gasteiger partial charge is 0.344 e. The Morgan fingerprint density at radius 2 is 1.22 bits per heavy atom. The fourth-order valence-corrected chi connectivity index (χ4v) is 0.711. The molecule has 0 aliphatic carbocycles. The highest BCUT2D eigenvalue weighted by molar-refractivity contribution is 6.41. The van der Waals surface area contributed by atoms with Gasteiger partial charge in [0.15, 0.2) is 0 Å². The molecule has 1 aromatic carbocycles. The van der Waals surface area contributed by atoms with Crippen LogP contribution in [0.1, 0.15) is 0 Å². The Balaban J connectivity index is 0.000000640. The Morgan fingerprint density at radius 1 is 0.889 bits per heavy atom. The zero-order valence-electron chi connectivity index (χ0n) is 4.77. The van der Waals surface area contributed by atoms with Crippen molar-refractivity contribution in [2.24, 2.45) is 0 Å². The van der Waals surface area contributed by atoms with Crippen LogP contribution in [0.5, 0.6) is 0 Å². The zero-order valence-corrected chi connectivity index (χ0v) is 6.28. The lowest BCUT2D eigenvalue weighted by molar-refractivity contribution is 1.71. The summed E-state index contributed by atoms with van der Waals surface area (Å²) in [6.45, 7) is 0. The van der Waals surface area contributed by atoms with Gasteiger partial charge in [-0.3, -0.25) is 0 Å². The fraction of sp³-hybridized carbons (Fsp3) is 0. The van der Waals surface area contributed by atoms with Crippen LogP contribution >= 0.6 is 23.2 Å². The minimum absolute atomic E-state index is 0. The highest BCUT2D eigenvalue weighted by Crippen LogP contribution is 2.19. The Hall–Kier alpha value is -0.240. The summed E-state index contributed by atoms with van der Waals surface area (Å²) >= 11 is 11.2. The molecule has 0 unspecified atom stereocenters. The van der Waals surface area contributed by atoms with Gasteiger partial charge in [0, 0.05) is 0 Å². The van der Waals surface area contributed by atoms with Gasteiger partial charge in [-0.15, -0.1) is 0 Å². The summed E-state index contributed by atoms with van der Waals surface area (Å²) in [5.74, 6) is 0. The van der Waals surface area contributed by atoms with Crippen LogP contribution in [0.3, 0.4) is 0 Å². The first-order valence-electron chi connectivity index (χ1n) is 2.21. The summed E-state index contributed by atoms with van der Waals surface area (Å²) < 4.78 is 0. The minimum atomic E-state index is 0. The lowest BCUT2D eigenvalue weighted by atomic mass is 10.4. The van der Waals surface area contributed by atoms with Crippen molar-refractivity contribution in [1.29, 1.82) is 0 Å². The number of hydrogen-bond acceptors (Lipinski definition) is 1. The van der Waals surface area contributed by atoms with E-state index in [1.807, 2.05) is 12.1 Å². The van der Waals surface area contributed by atoms with Crippen molar-refractivity contribution >= 4 is 23.2 Å². The predicted octanol–water partition coefficient (Wildman–Crippen LogP) is 3.16. The van der Waals surface area contributed by atoms with Crippen LogP contribution in [-0.4, -0.2) is 0 Å². The Bertz CT molecular complexity index is 167. The molecule has 0 saturated heterocycles. The number of rotatable bonds is 0. The molecule has 0 fully saturated rings. The Kier molecular flexibility index (Phi) is 3.62. The molecule has 3 heteroatoms. The average molecular weight is 164 g/mol. The van der Waals surface area contributed by atoms with E-state index >= 15 is 0 Å². The molecule has 50 valence electrons. The van der Waals surface area contributed by atoms with Gasteiger partial charge in [0.25, 0.3) is 0 Å². The van der Waals surface area contributed by atoms with Crippen molar-refractivity contribution in [2.75, 3.05) is 0 Å². The van der Waals surface area contributed by atoms with Gasteiger partial charge in [0.1, 0.15) is 0 Å². The van der Waals surface area contributed by atoms with Gasteiger partial charge in [-0.1, -0.05) is 35.3 Å². The molecular weight excluding hydrogens is 157 g/mol. The third kappa shape index (κ3) is 2.22. The van der Waals surface area contributed by atoms with Crippen LogP contribution in [0.4, 0.5) is 0 Å². The van der Waals surface area contributed by atoms with E-state index in [0.717, 1.165) is 0 Å². The van der Waals surface area contributed by atoms with Crippen molar-refractivity contribution < 1.29 is 0 Å². The second-order valence-electron chi connectivity index (χ2n) is 1.41. The van der Waals surface area contributed by atoms with Crippen LogP contribution in [0, 0.1) is 0 Å². The molecule has 0 bridgehead atoms. The standard InChI is InChI=1S/C6H4Cl2.H3N/c7-5-3-1-2-4-6(5)8;/h1-4H;1H3. The van der Waals surface area contributed by atoms with Crippen LogP contribution in [0.15, 0.2) is 24.3 Å². The molecule has 0 atom stereocenters. The van der Waals surface area contributed by atoms with Crippen LogP contribution in [0.25, 0.3) is 0 Å². The van der Waals surface area contributed by atoms with Crippen molar-refractivity contribution in [3.05, 3.63) is 34.3 Å². The van der Waals surface area contributed by atoms with Gasteiger partial charge in [0.05, 0.1) is 10.0 Å². The number of benzene rings is 1. The quantitative estimate of drug-likeness (QED) is 0.627. The monoisotopic (exact) mass is 163 g/mol. The highest BCUT2D eigenvalue weighted by Gasteiger charge is 1.89. The zero-order chi connectivity index (χ0) is 5.98. The molecule has 0 saturated carbocycles. The van der Waals surface area contributed by atoms with E-state index in [1.54, 1.807) is 12.1 Å². The highest BCUT2D eigenvalue weighted by atomic mass is 35.5. The van der Waals surface area contributed by atoms with E-state index in [1.165, 1.54) is 0 Å². The van der Waals surface area contributed by atoms with Gasteiger partial charge in [-0.05, 0) is 12.1 Å². The van der Waals surface area contributed by atoms with Crippen LogP contribution in [0.2, 0.25) is 10.0 Å². The van der Waals surface area contributed by atoms with Crippen molar-refractivity contribution in [2.45, 2.75) is 0 Å². The molecule has 9 heavy (non-hydrogen) atoms. The SMILES string of the molecule is Clc1ccccc1Cl.N. The lowest BCUT2D eigenvalue weighted by Crippen LogP contribution is -1.62. The lowest BCUT2D eigenvalue weighted by Gasteiger charge is -1.88. The summed E-state index contributed by atoms with van der Waals surface area (Å²) in [7, 11) is 0. The minimum Gasteiger partial charge on any atom is -0.344 e. The topological polar surface area (TPSA) is 35.0 Å². The van der Waals surface area contributed by atoms with E-state index < -0.39 is 0 Å². The molecule has 1 nitrogen and oxygen atoms in total. The third-order valence-electron chi connectivity index (χ3n) is 0.824. The van der Waals surface area contributed by atoms with Gasteiger partial charge in [-0.2, -0.15) is 0 Å². The van der Waals surface area contributed by atoms with Gasteiger partial charge < -0.3 is 6.15 Å². The second-order valence-corrected chi connectivity index (χ2v) is 2.23. The molecule has 0 radical (unpaired) electrons. The molecule has 0 aliphatic heterocycles. The second kappa shape index (κ2) is 3.72. The smallest absolute Gasteiger partial charge is 0.0592 e. The van der Waals surface area contributed by atoms with Crippen molar-refractivity contribution in [3.63, 3.8) is 0 Å². The summed E-state index contributed by atoms with van der Waals surface area (Å²) in [6, 6.07) is 7.19. The van der Waals surface area contributed by atoms with E-state index in [-0.39, 0.29) is 6.15 Å². The van der Waals surface area contributed by atoms with Gasteiger partial charge in [-0.25, -0.2) is 0 Å². The van der Waals surface area contributed by atoms with Crippen molar-refractivity contribution in [3.8, 4) is 0 Å². The molecule has 0 aliphatic rings. The molecular formula is C6H7Cl2N. The van der Waals surface area contributed by atoms with E-state index in [9.17, 15) is 0 Å². The fourth-order valence-electron chi connectivity index (χ4n) is 0.439. The first kappa shape index (κ1) is 8.76. The molecule has 1 aromatic rings. The maximum absolute atomic E-state index is 5.58. The molecule has 0 spiro atoms. The molecule has 3 N–H and O–H groups in total. The molecule has 0 heterocycles. The third-order valence-corrected chi connectivity index (χ3v) is 1.58. The van der Waals surface area contributed by atoms with Crippen LogP contribution in [-0.2, 0) is 0 Å². The van der Waals surface area contributed by atoms with E-state index in [0.29, 0.717) is 10.0 Å². The molecule has 0 aromatic heterocycles. The van der Waals surface area contributed by atoms with Gasteiger partial charge >= 0.3 is 0 Å². The predicted molar refractivity (Wildman–Crippen MR) is 41.5 cm³/mol. The Morgan fingerprint density at radius 3 is 1.44 bits per heavy atom. The maximum Gasteiger partial charge on any atom is 0.0592 e. The average Bonchev–Trinajstić information content (AvgIpc) is 1.77. The summed E-state index contributed by atoms with van der Waals surface area (Å²) in [4.78, 5) is 0. The summed E-state index contributed by atoms with van der Waals surface area (Å²) in [6.07, 6.45) is 0. The van der Waals surface area contributed by atoms with E-state index in [2.05, 4.69) is 0 Å². The van der Waals surface area contributed by atoms with Crippen molar-refractivity contribution in [1.82, 2.24) is 6.15 Å². The number of halogens is 2. The van der Waals surface area contributed by atoms with Gasteiger partial charge in [0.2, 0.25) is 0 Å². The Labute approximate surface area is 64.2 Å². The number of hydrogen-bond donors (Lipinski definition) is 1. The summed E-state index contributed by atoms with van der Waals surface area (Å²) in [5.41, 5.74) is 0. The normalized spacial score (nSPS) is 8.22. The molecule has 1 rings (SSSR count). The first-order chi connectivity index (χ1) is 3.80.